The van der Waals surface area contributed by atoms with E-state index in [4.69, 9.17) is 0 Å². The number of benzene rings is 1. The summed E-state index contributed by atoms with van der Waals surface area (Å²) in [4.78, 5) is 11.4. The van der Waals surface area contributed by atoms with E-state index in [9.17, 15) is 15.0 Å². The predicted molar refractivity (Wildman–Crippen MR) is 180 cm³/mol. The molecule has 1 atom stereocenters. The summed E-state index contributed by atoms with van der Waals surface area (Å²) in [5, 5.41) is 20.1. The Morgan fingerprint density at radius 1 is 0.707 bits per heavy atom. The van der Waals surface area contributed by atoms with Gasteiger partial charge in [0.15, 0.2) is 0 Å². The highest BCUT2D eigenvalue weighted by Crippen LogP contribution is 2.40. The number of carbonyl (C=O) groups is 1. The second-order valence-electron chi connectivity index (χ2n) is 14.3. The summed E-state index contributed by atoms with van der Waals surface area (Å²) in [5.41, 5.74) is 2.26. The lowest BCUT2D eigenvalue weighted by atomic mass is 9.77. The topological polar surface area (TPSA) is 57.5 Å². The smallest absolute Gasteiger partial charge is 0.307 e. The van der Waals surface area contributed by atoms with Crippen LogP contribution in [0.1, 0.15) is 181 Å². The maximum Gasteiger partial charge on any atom is 0.307 e. The third-order valence-electron chi connectivity index (χ3n) is 8.03. The minimum atomic E-state index is -0.812. The fourth-order valence-electron chi connectivity index (χ4n) is 5.33. The Bertz CT molecular complexity index is 774. The number of phenolic OH excluding ortho intramolecular Hbond substituents is 1. The first kappa shape index (κ1) is 39.2. The van der Waals surface area contributed by atoms with E-state index >= 15 is 0 Å². The van der Waals surface area contributed by atoms with Gasteiger partial charge < -0.3 is 10.2 Å². The first-order valence-electron chi connectivity index (χ1n) is 17.0. The lowest BCUT2D eigenvalue weighted by molar-refractivity contribution is -0.141. The van der Waals surface area contributed by atoms with Crippen molar-refractivity contribution < 1.29 is 15.0 Å². The molecule has 1 unspecified atom stereocenters. The molecule has 0 heterocycles. The monoisotopic (exact) mass is 573 g/mol. The van der Waals surface area contributed by atoms with E-state index in [1.165, 1.54) is 103 Å². The van der Waals surface area contributed by atoms with Gasteiger partial charge in [-0.05, 0) is 40.4 Å². The average molecular weight is 573 g/mol. The van der Waals surface area contributed by atoms with Crippen LogP contribution in [-0.4, -0.2) is 16.2 Å². The number of aliphatic carboxylic acids is 1. The van der Waals surface area contributed by atoms with Gasteiger partial charge in [0.2, 0.25) is 0 Å². The van der Waals surface area contributed by atoms with Crippen LogP contribution in [0.15, 0.2) is 24.8 Å². The van der Waals surface area contributed by atoms with E-state index in [2.05, 4.69) is 62.0 Å². The van der Waals surface area contributed by atoms with Crippen molar-refractivity contribution >= 4 is 5.97 Å². The number of allylic oxidation sites excluding steroid dienone is 1. The Hall–Kier alpha value is -1.77. The van der Waals surface area contributed by atoms with Gasteiger partial charge in [-0.3, -0.25) is 4.79 Å². The molecule has 1 aromatic carbocycles. The van der Waals surface area contributed by atoms with E-state index < -0.39 is 11.9 Å². The fraction of sp³-hybridized carbons (Fsp3) is 0.763. The summed E-state index contributed by atoms with van der Waals surface area (Å²) in [6, 6.07) is 3.90. The molecule has 238 valence electrons. The third-order valence-corrected chi connectivity index (χ3v) is 8.03. The zero-order chi connectivity index (χ0) is 31.3. The molecule has 0 saturated carbocycles. The molecule has 2 N–H and O–H groups in total. The Morgan fingerprint density at radius 2 is 1.02 bits per heavy atom. The summed E-state index contributed by atoms with van der Waals surface area (Å²) in [6.07, 6.45) is 25.9. The van der Waals surface area contributed by atoms with Crippen molar-refractivity contribution in [3.05, 3.63) is 41.5 Å². The molecule has 3 heteroatoms. The van der Waals surface area contributed by atoms with Crippen molar-refractivity contribution in [1.82, 2.24) is 0 Å². The van der Waals surface area contributed by atoms with Crippen LogP contribution in [-0.2, 0) is 22.0 Å². The minimum absolute atomic E-state index is 0.211. The van der Waals surface area contributed by atoms with E-state index in [1.54, 1.807) is 6.08 Å². The number of carboxylic acid groups (broad SMARTS) is 1. The molecule has 0 saturated heterocycles. The van der Waals surface area contributed by atoms with Gasteiger partial charge in [0.1, 0.15) is 5.75 Å². The van der Waals surface area contributed by atoms with Crippen LogP contribution in [0.2, 0.25) is 0 Å². The Labute approximate surface area is 255 Å². The molecule has 0 radical (unpaired) electrons. The van der Waals surface area contributed by atoms with Crippen molar-refractivity contribution in [1.29, 1.82) is 0 Å². The molecule has 0 bridgehead atoms. The number of hydrogen-bond acceptors (Lipinski definition) is 2. The highest BCUT2D eigenvalue weighted by molar-refractivity contribution is 5.70. The van der Waals surface area contributed by atoms with Crippen molar-refractivity contribution in [2.45, 2.75) is 182 Å². The molecule has 0 spiro atoms. The maximum atomic E-state index is 11.4. The number of hydrogen-bond donors (Lipinski definition) is 2. The van der Waals surface area contributed by atoms with Crippen LogP contribution >= 0.6 is 0 Å². The lowest BCUT2D eigenvalue weighted by Gasteiger charge is -2.28. The highest BCUT2D eigenvalue weighted by atomic mass is 16.4. The van der Waals surface area contributed by atoms with Gasteiger partial charge in [0.05, 0.1) is 5.92 Å². The van der Waals surface area contributed by atoms with Crippen LogP contribution in [0.5, 0.6) is 5.75 Å². The second kappa shape index (κ2) is 21.9. The van der Waals surface area contributed by atoms with Crippen LogP contribution in [0.25, 0.3) is 0 Å². The minimum Gasteiger partial charge on any atom is -0.507 e. The standard InChI is InChI=1S/C20H30O3.C18H38/c1-8-9-14(18(22)23)10-13-11-15(19(2,3)4)17(21)16(12-13)20(5,6)7;1-3-5-7-9-11-13-15-17-18-16-14-12-10-8-6-4-2/h8,11-12,14,21H,1,9-10H2,2-7H3,(H,22,23);3-18H2,1-2H3. The zero-order valence-electron chi connectivity index (χ0n) is 28.5. The largest absolute Gasteiger partial charge is 0.507 e. The van der Waals surface area contributed by atoms with E-state index in [1.807, 2.05) is 12.1 Å². The number of phenols is 1. The fourth-order valence-corrected chi connectivity index (χ4v) is 5.33. The molecule has 0 amide bonds. The number of unbranched alkanes of at least 4 members (excludes halogenated alkanes) is 15. The second-order valence-corrected chi connectivity index (χ2v) is 14.3. The maximum absolute atomic E-state index is 11.4. The van der Waals surface area contributed by atoms with Crippen LogP contribution in [0.3, 0.4) is 0 Å². The molecule has 0 aliphatic carbocycles. The molecule has 0 aliphatic heterocycles. The first-order chi connectivity index (χ1) is 19.3. The van der Waals surface area contributed by atoms with Gasteiger partial charge in [-0.1, -0.05) is 176 Å². The summed E-state index contributed by atoms with van der Waals surface area (Å²) < 4.78 is 0. The average Bonchev–Trinajstić information content (AvgIpc) is 2.88. The Kier molecular flexibility index (Phi) is 20.9. The van der Waals surface area contributed by atoms with Gasteiger partial charge in [-0.15, -0.1) is 6.58 Å². The number of carboxylic acids is 1. The van der Waals surface area contributed by atoms with Crippen molar-refractivity contribution in [2.75, 3.05) is 0 Å². The lowest BCUT2D eigenvalue weighted by Crippen LogP contribution is -2.20. The van der Waals surface area contributed by atoms with E-state index in [0.717, 1.165) is 16.7 Å². The van der Waals surface area contributed by atoms with Gasteiger partial charge >= 0.3 is 5.97 Å². The summed E-state index contributed by atoms with van der Waals surface area (Å²) in [5.74, 6) is -0.977. The first-order valence-corrected chi connectivity index (χ1v) is 17.0. The van der Waals surface area contributed by atoms with Crippen molar-refractivity contribution in [3.63, 3.8) is 0 Å². The normalized spacial score (nSPS) is 12.5. The molecular formula is C38H68O3. The SMILES string of the molecule is C=CCC(Cc1cc(C(C)(C)C)c(O)c(C(C)(C)C)c1)C(=O)O.CCCCCCCCCCCCCCCCCC. The van der Waals surface area contributed by atoms with Gasteiger partial charge in [-0.25, -0.2) is 0 Å². The van der Waals surface area contributed by atoms with Crippen LogP contribution < -0.4 is 0 Å². The molecule has 41 heavy (non-hydrogen) atoms. The molecule has 1 aromatic rings. The molecule has 3 nitrogen and oxygen atoms in total. The number of rotatable bonds is 20. The van der Waals surface area contributed by atoms with Gasteiger partial charge in [0.25, 0.3) is 0 Å². The Balaban J connectivity index is 0.000000807. The highest BCUT2D eigenvalue weighted by Gasteiger charge is 2.27. The molecule has 1 rings (SSSR count). The summed E-state index contributed by atoms with van der Waals surface area (Å²) in [6.45, 7) is 20.6. The van der Waals surface area contributed by atoms with Crippen LogP contribution in [0, 0.1) is 5.92 Å². The van der Waals surface area contributed by atoms with Crippen molar-refractivity contribution in [3.8, 4) is 5.75 Å². The predicted octanol–water partition coefficient (Wildman–Crippen LogP) is 12.1. The number of aromatic hydroxyl groups is 1. The molecule has 0 aromatic heterocycles. The van der Waals surface area contributed by atoms with E-state index in [0.29, 0.717) is 18.6 Å². The quantitative estimate of drug-likeness (QED) is 0.121. The zero-order valence-corrected chi connectivity index (χ0v) is 28.5. The summed E-state index contributed by atoms with van der Waals surface area (Å²) in [7, 11) is 0. The summed E-state index contributed by atoms with van der Waals surface area (Å²) >= 11 is 0. The van der Waals surface area contributed by atoms with Gasteiger partial charge in [0, 0.05) is 0 Å². The molecule has 0 fully saturated rings. The Morgan fingerprint density at radius 3 is 1.27 bits per heavy atom. The van der Waals surface area contributed by atoms with E-state index in [-0.39, 0.29) is 10.8 Å². The van der Waals surface area contributed by atoms with Crippen LogP contribution in [0.4, 0.5) is 0 Å². The molecule has 0 aliphatic rings. The van der Waals surface area contributed by atoms with Gasteiger partial charge in [-0.2, -0.15) is 0 Å². The molecular weight excluding hydrogens is 504 g/mol. The van der Waals surface area contributed by atoms with Crippen molar-refractivity contribution in [2.24, 2.45) is 5.92 Å². The third kappa shape index (κ3) is 18.4.